The molecule has 1 amide bonds. The zero-order chi connectivity index (χ0) is 36.2. The van der Waals surface area contributed by atoms with Gasteiger partial charge in [-0.1, -0.05) is 23.7 Å². The van der Waals surface area contributed by atoms with Crippen molar-refractivity contribution in [3.8, 4) is 28.1 Å². The van der Waals surface area contributed by atoms with Gasteiger partial charge in [0.15, 0.2) is 6.29 Å². The molecule has 3 unspecified atom stereocenters. The number of rotatable bonds is 12. The van der Waals surface area contributed by atoms with E-state index < -0.39 is 14.2 Å². The third-order valence-electron chi connectivity index (χ3n) is 9.42. The van der Waals surface area contributed by atoms with Crippen LogP contribution in [-0.4, -0.2) is 75.5 Å². The van der Waals surface area contributed by atoms with Crippen LogP contribution >= 0.6 is 11.6 Å². The molecule has 1 saturated heterocycles. The molecule has 1 N–H and O–H groups in total. The molecule has 0 saturated carbocycles. The van der Waals surface area contributed by atoms with Crippen molar-refractivity contribution in [2.45, 2.75) is 76.4 Å². The zero-order valence-corrected chi connectivity index (χ0v) is 31.5. The number of methoxy groups -OCH3 is 1. The van der Waals surface area contributed by atoms with Gasteiger partial charge in [0.25, 0.3) is 0 Å². The Morgan fingerprint density at radius 1 is 1.06 bits per heavy atom. The van der Waals surface area contributed by atoms with E-state index in [9.17, 15) is 4.79 Å². The average Bonchev–Trinajstić information content (AvgIpc) is 3.90. The van der Waals surface area contributed by atoms with E-state index in [0.29, 0.717) is 37.1 Å². The van der Waals surface area contributed by atoms with Crippen molar-refractivity contribution in [1.82, 2.24) is 34.7 Å². The summed E-state index contributed by atoms with van der Waals surface area (Å²) < 4.78 is 27.7. The predicted octanol–water partition coefficient (Wildman–Crippen LogP) is 7.85. The van der Waals surface area contributed by atoms with Crippen LogP contribution in [0.1, 0.15) is 54.8 Å². The van der Waals surface area contributed by atoms with E-state index in [0.717, 1.165) is 70.5 Å². The molecule has 52 heavy (non-hydrogen) atoms. The number of pyridine rings is 1. The van der Waals surface area contributed by atoms with Crippen molar-refractivity contribution in [2.75, 3.05) is 25.6 Å². The molecule has 0 radical (unpaired) electrons. The van der Waals surface area contributed by atoms with Gasteiger partial charge in [-0.2, -0.15) is 24.3 Å². The molecule has 1 aliphatic heterocycles. The zero-order valence-electron chi connectivity index (χ0n) is 29.8. The van der Waals surface area contributed by atoms with E-state index >= 15 is 0 Å². The highest BCUT2D eigenvalue weighted by atomic mass is 35.5. The molecule has 2 aromatic carbocycles. The van der Waals surface area contributed by atoms with Crippen LogP contribution < -0.4 is 5.32 Å². The molecule has 3 atom stereocenters. The SMILES string of the molecule is COC(=O)Nc1ccc(-c2cnc(C3CC(OC4CCCCO4)c4cc(-c5cc(Cl)ccc5-n5cnnn5)cnc43)n2COCC[Si-](C)(C)C)cc1. The highest BCUT2D eigenvalue weighted by molar-refractivity contribution is 6.76. The quantitative estimate of drug-likeness (QED) is 0.0993. The van der Waals surface area contributed by atoms with Gasteiger partial charge in [0.05, 0.1) is 42.4 Å². The van der Waals surface area contributed by atoms with E-state index in [2.05, 4.69) is 51.1 Å². The van der Waals surface area contributed by atoms with Crippen molar-refractivity contribution < 1.29 is 23.7 Å². The van der Waals surface area contributed by atoms with Crippen LogP contribution in [0.25, 0.3) is 28.1 Å². The fourth-order valence-electron chi connectivity index (χ4n) is 6.67. The van der Waals surface area contributed by atoms with Crippen LogP contribution in [0.2, 0.25) is 30.7 Å². The maximum absolute atomic E-state index is 11.8. The Balaban J connectivity index is 1.27. The fourth-order valence-corrected chi connectivity index (χ4v) is 7.60. The Labute approximate surface area is 308 Å². The second kappa shape index (κ2) is 15.6. The number of nitrogens with zero attached hydrogens (tertiary/aromatic N) is 7. The van der Waals surface area contributed by atoms with Crippen LogP contribution in [0.3, 0.4) is 0 Å². The summed E-state index contributed by atoms with van der Waals surface area (Å²) in [6, 6.07) is 16.4. The lowest BCUT2D eigenvalue weighted by Gasteiger charge is -2.27. The number of fused-ring (bicyclic) bond motifs is 1. The molecule has 5 aromatic rings. The molecule has 3 aromatic heterocycles. The second-order valence-electron chi connectivity index (χ2n) is 14.3. The number of halogens is 1. The molecular weight excluding hydrogens is 700 g/mol. The predicted molar refractivity (Wildman–Crippen MR) is 199 cm³/mol. The summed E-state index contributed by atoms with van der Waals surface area (Å²) in [5, 5.41) is 15.1. The first-order valence-corrected chi connectivity index (χ1v) is 21.6. The number of tetrazole rings is 1. The highest BCUT2D eigenvalue weighted by Gasteiger charge is 2.39. The van der Waals surface area contributed by atoms with E-state index in [4.69, 9.17) is 40.5 Å². The number of ether oxygens (including phenoxy) is 4. The smallest absolute Gasteiger partial charge is 0.411 e. The number of aromatic nitrogens is 7. The third kappa shape index (κ3) is 8.11. The lowest BCUT2D eigenvalue weighted by Crippen LogP contribution is -2.24. The Bertz CT molecular complexity index is 1990. The molecule has 7 rings (SSSR count). The third-order valence-corrected chi connectivity index (χ3v) is 11.4. The maximum Gasteiger partial charge on any atom is 0.411 e. The Kier molecular flexibility index (Phi) is 10.8. The van der Waals surface area contributed by atoms with Crippen molar-refractivity contribution in [1.29, 1.82) is 0 Å². The minimum absolute atomic E-state index is 0.175. The molecule has 2 aliphatic rings. The first-order chi connectivity index (χ1) is 25.2. The molecule has 0 spiro atoms. The number of amides is 1. The van der Waals surface area contributed by atoms with Gasteiger partial charge < -0.3 is 23.5 Å². The fraction of sp³-hybridized carbons (Fsp3) is 0.405. The number of carbonyl (C=O) groups is 1. The number of imidazole rings is 1. The standard InChI is InChI=1S/C37H43ClN8O5Si/c1-48-37(47)42-27-11-8-24(9-12-27)32-21-40-36(45(32)23-49-15-16-52(2,3)4)30-19-33(51-34-7-5-6-14-50-34)29-17-25(20-39-35(29)30)28-18-26(38)10-13-31(28)46-22-41-43-44-46/h8-13,17-18,20-22,30,33-34H,5-7,14-16,19,23H2,1-4H3,(H,42,47)/q-1. The largest absolute Gasteiger partial charge is 0.453 e. The Morgan fingerprint density at radius 2 is 1.90 bits per heavy atom. The molecule has 1 aliphatic carbocycles. The molecule has 13 nitrogen and oxygen atoms in total. The van der Waals surface area contributed by atoms with Gasteiger partial charge in [-0.05, 0) is 78.1 Å². The van der Waals surface area contributed by atoms with E-state index in [-0.39, 0.29) is 18.3 Å². The van der Waals surface area contributed by atoms with Gasteiger partial charge >= 0.3 is 6.09 Å². The minimum atomic E-state index is -1.31. The lowest BCUT2D eigenvalue weighted by atomic mass is 10.0. The van der Waals surface area contributed by atoms with E-state index in [1.165, 1.54) is 7.11 Å². The number of nitrogens with one attached hydrogen (secondary N) is 1. The van der Waals surface area contributed by atoms with Crippen LogP contribution in [0.4, 0.5) is 10.5 Å². The summed E-state index contributed by atoms with van der Waals surface area (Å²) >= 11 is 6.52. The van der Waals surface area contributed by atoms with Crippen molar-refractivity contribution in [2.24, 2.45) is 0 Å². The molecular formula is C37H43ClN8O5Si-. The minimum Gasteiger partial charge on any atom is -0.453 e. The van der Waals surface area contributed by atoms with Crippen molar-refractivity contribution in [3.63, 3.8) is 0 Å². The van der Waals surface area contributed by atoms with E-state index in [1.54, 1.807) is 11.0 Å². The van der Waals surface area contributed by atoms with Gasteiger partial charge in [-0.25, -0.2) is 9.78 Å². The Hall–Kier alpha value is -4.47. The van der Waals surface area contributed by atoms with Gasteiger partial charge in [-0.3, -0.25) is 10.3 Å². The summed E-state index contributed by atoms with van der Waals surface area (Å²) in [5.41, 5.74) is 6.83. The lowest BCUT2D eigenvalue weighted by molar-refractivity contribution is -0.189. The second-order valence-corrected chi connectivity index (χ2v) is 20.4. The summed E-state index contributed by atoms with van der Waals surface area (Å²) in [7, 11) is 0.0293. The van der Waals surface area contributed by atoms with Crippen molar-refractivity contribution in [3.05, 3.63) is 89.4 Å². The molecule has 4 heterocycles. The van der Waals surface area contributed by atoms with Gasteiger partial charge in [0, 0.05) is 46.8 Å². The summed E-state index contributed by atoms with van der Waals surface area (Å²) in [6.07, 6.45) is 7.77. The summed E-state index contributed by atoms with van der Waals surface area (Å²) in [5.74, 6) is 0.666. The van der Waals surface area contributed by atoms with Crippen LogP contribution in [0.5, 0.6) is 0 Å². The normalized spacial score (nSPS) is 18.7. The summed E-state index contributed by atoms with van der Waals surface area (Å²) in [4.78, 5) is 22.0. The highest BCUT2D eigenvalue weighted by Crippen LogP contribution is 2.47. The molecule has 0 bridgehead atoms. The molecule has 273 valence electrons. The van der Waals surface area contributed by atoms with Crippen LogP contribution in [-0.2, 0) is 25.7 Å². The molecule has 15 heteroatoms. The molecule has 1 fully saturated rings. The topological polar surface area (TPSA) is 140 Å². The number of hydrogen-bond donors (Lipinski definition) is 1. The average molecular weight is 743 g/mol. The first-order valence-electron chi connectivity index (χ1n) is 17.6. The van der Waals surface area contributed by atoms with Gasteiger partial charge in [-0.15, -0.1) is 19.2 Å². The number of anilines is 1. The summed E-state index contributed by atoms with van der Waals surface area (Å²) in [6.45, 7) is 8.70. The van der Waals surface area contributed by atoms with Gasteiger partial charge in [0.1, 0.15) is 18.9 Å². The Morgan fingerprint density at radius 3 is 2.63 bits per heavy atom. The van der Waals surface area contributed by atoms with Crippen LogP contribution in [0, 0.1) is 0 Å². The number of hydrogen-bond acceptors (Lipinski definition) is 10. The first kappa shape index (κ1) is 35.9. The van der Waals surface area contributed by atoms with Crippen molar-refractivity contribution >= 4 is 31.5 Å². The number of carbonyl (C=O) groups excluding carboxylic acids is 1. The van der Waals surface area contributed by atoms with Gasteiger partial charge in [0.2, 0.25) is 0 Å². The monoisotopic (exact) mass is 742 g/mol. The number of benzene rings is 2. The van der Waals surface area contributed by atoms with E-state index in [1.807, 2.05) is 54.9 Å². The maximum atomic E-state index is 11.8. The van der Waals surface area contributed by atoms with Crippen LogP contribution in [0.15, 0.2) is 67.3 Å².